The molecule has 0 saturated heterocycles. The molecular weight excluding hydrogens is 216 g/mol. The quantitative estimate of drug-likeness (QED) is 0.543. The highest BCUT2D eigenvalue weighted by Gasteiger charge is 2.08. The molecule has 0 spiro atoms. The van der Waals surface area contributed by atoms with Crippen molar-refractivity contribution in [1.29, 1.82) is 0 Å². The number of aliphatic hydroxyl groups excluding tert-OH is 2. The van der Waals surface area contributed by atoms with E-state index in [0.29, 0.717) is 30.8 Å². The summed E-state index contributed by atoms with van der Waals surface area (Å²) in [5, 5.41) is 18.6. The highest BCUT2D eigenvalue weighted by Crippen LogP contribution is 2.14. The summed E-state index contributed by atoms with van der Waals surface area (Å²) < 4.78 is 10.0. The lowest BCUT2D eigenvalue weighted by atomic mass is 10.3. The van der Waals surface area contributed by atoms with E-state index in [2.05, 4.69) is 0 Å². The summed E-state index contributed by atoms with van der Waals surface area (Å²) in [6.45, 7) is 3.67. The number of thioether (sulfide) groups is 1. The Balaban J connectivity index is 3.28. The Kier molecular flexibility index (Phi) is 10.8. The van der Waals surface area contributed by atoms with Crippen LogP contribution in [0.5, 0.6) is 0 Å². The summed E-state index contributed by atoms with van der Waals surface area (Å²) in [4.78, 5) is 0. The lowest BCUT2D eigenvalue weighted by Crippen LogP contribution is -2.20. The van der Waals surface area contributed by atoms with Crippen LogP contribution in [0.15, 0.2) is 0 Å². The van der Waals surface area contributed by atoms with Crippen molar-refractivity contribution in [2.75, 3.05) is 39.3 Å². The summed E-state index contributed by atoms with van der Waals surface area (Å²) in [6, 6.07) is 0. The normalized spacial score (nSPS) is 15.2. The van der Waals surface area contributed by atoms with Gasteiger partial charge in [-0.25, -0.2) is 0 Å². The molecule has 0 aromatic rings. The predicted octanol–water partition coefficient (Wildman–Crippen LogP) is 0.514. The van der Waals surface area contributed by atoms with E-state index in [1.165, 1.54) is 0 Å². The summed E-state index contributed by atoms with van der Waals surface area (Å²) in [7, 11) is 1.62. The minimum atomic E-state index is -0.437. The highest BCUT2D eigenvalue weighted by atomic mass is 32.2. The molecule has 15 heavy (non-hydrogen) atoms. The van der Waals surface area contributed by atoms with Crippen molar-refractivity contribution < 1.29 is 19.7 Å². The van der Waals surface area contributed by atoms with Gasteiger partial charge in [0, 0.05) is 24.7 Å². The van der Waals surface area contributed by atoms with Gasteiger partial charge in [-0.2, -0.15) is 11.8 Å². The molecule has 0 bridgehead atoms. The average molecular weight is 238 g/mol. The summed E-state index contributed by atoms with van der Waals surface area (Å²) in [6.07, 6.45) is 0.329. The van der Waals surface area contributed by atoms with Crippen LogP contribution in [0.2, 0.25) is 0 Å². The Morgan fingerprint density at radius 1 is 1.33 bits per heavy atom. The molecule has 92 valence electrons. The Hall–Kier alpha value is 0.190. The van der Waals surface area contributed by atoms with Gasteiger partial charge in [0.05, 0.1) is 25.9 Å². The first-order valence-corrected chi connectivity index (χ1v) is 6.22. The van der Waals surface area contributed by atoms with Crippen molar-refractivity contribution in [3.05, 3.63) is 0 Å². The van der Waals surface area contributed by atoms with Crippen LogP contribution in [0.3, 0.4) is 0 Å². The molecular formula is C10H22O4S. The smallest absolute Gasteiger partial charge is 0.0863 e. The van der Waals surface area contributed by atoms with E-state index in [1.54, 1.807) is 18.9 Å². The van der Waals surface area contributed by atoms with Crippen LogP contribution >= 0.6 is 11.8 Å². The van der Waals surface area contributed by atoms with Crippen LogP contribution in [-0.4, -0.2) is 60.9 Å². The van der Waals surface area contributed by atoms with Crippen molar-refractivity contribution in [2.45, 2.75) is 24.7 Å². The van der Waals surface area contributed by atoms with Gasteiger partial charge in [-0.1, -0.05) is 6.92 Å². The molecule has 0 aromatic heterocycles. The van der Waals surface area contributed by atoms with Gasteiger partial charge in [0.2, 0.25) is 0 Å². The van der Waals surface area contributed by atoms with Gasteiger partial charge in [0.1, 0.15) is 0 Å². The Bertz CT molecular complexity index is 135. The fourth-order valence-corrected chi connectivity index (χ4v) is 1.87. The van der Waals surface area contributed by atoms with Crippen molar-refractivity contribution >= 4 is 11.8 Å². The standard InChI is InChI=1S/C10H22O4S/c1-9(3-4-11)15-8-10(12)7-14-6-5-13-2/h9-12H,3-8H2,1-2H3. The highest BCUT2D eigenvalue weighted by molar-refractivity contribution is 7.99. The van der Waals surface area contributed by atoms with Crippen molar-refractivity contribution in [3.63, 3.8) is 0 Å². The first-order chi connectivity index (χ1) is 7.20. The molecule has 2 N–H and O–H groups in total. The fourth-order valence-electron chi connectivity index (χ4n) is 0.950. The first-order valence-electron chi connectivity index (χ1n) is 5.18. The summed E-state index contributed by atoms with van der Waals surface area (Å²) in [5.41, 5.74) is 0. The second kappa shape index (κ2) is 10.7. The molecule has 2 unspecified atom stereocenters. The largest absolute Gasteiger partial charge is 0.396 e. The minimum absolute atomic E-state index is 0.203. The zero-order valence-electron chi connectivity index (χ0n) is 9.52. The molecule has 5 heteroatoms. The Morgan fingerprint density at radius 3 is 2.67 bits per heavy atom. The molecule has 0 amide bonds. The second-order valence-corrected chi connectivity index (χ2v) is 4.85. The van der Waals surface area contributed by atoms with Gasteiger partial charge in [-0.05, 0) is 6.42 Å². The predicted molar refractivity (Wildman–Crippen MR) is 62.3 cm³/mol. The Morgan fingerprint density at radius 2 is 2.07 bits per heavy atom. The average Bonchev–Trinajstić information content (AvgIpc) is 2.22. The van der Waals surface area contributed by atoms with Gasteiger partial charge in [0.25, 0.3) is 0 Å². The van der Waals surface area contributed by atoms with Crippen LogP contribution < -0.4 is 0 Å². The van der Waals surface area contributed by atoms with Crippen molar-refractivity contribution in [2.24, 2.45) is 0 Å². The lowest BCUT2D eigenvalue weighted by Gasteiger charge is -2.14. The number of rotatable bonds is 10. The molecule has 0 heterocycles. The van der Waals surface area contributed by atoms with E-state index in [9.17, 15) is 5.11 Å². The maximum atomic E-state index is 9.52. The maximum Gasteiger partial charge on any atom is 0.0863 e. The van der Waals surface area contributed by atoms with Gasteiger partial charge < -0.3 is 19.7 Å². The molecule has 0 aliphatic carbocycles. The van der Waals surface area contributed by atoms with E-state index >= 15 is 0 Å². The molecule has 4 nitrogen and oxygen atoms in total. The number of hydrogen-bond donors (Lipinski definition) is 2. The molecule has 0 aromatic carbocycles. The fraction of sp³-hybridized carbons (Fsp3) is 1.00. The number of ether oxygens (including phenoxy) is 2. The minimum Gasteiger partial charge on any atom is -0.396 e. The van der Waals surface area contributed by atoms with E-state index in [1.807, 2.05) is 6.92 Å². The molecule has 0 saturated carbocycles. The molecule has 0 radical (unpaired) electrons. The van der Waals surface area contributed by atoms with E-state index < -0.39 is 6.10 Å². The van der Waals surface area contributed by atoms with Crippen molar-refractivity contribution in [3.8, 4) is 0 Å². The maximum absolute atomic E-state index is 9.52. The number of methoxy groups -OCH3 is 1. The topological polar surface area (TPSA) is 58.9 Å². The molecule has 2 atom stereocenters. The zero-order valence-corrected chi connectivity index (χ0v) is 10.3. The van der Waals surface area contributed by atoms with Gasteiger partial charge in [-0.3, -0.25) is 0 Å². The number of hydrogen-bond acceptors (Lipinski definition) is 5. The van der Waals surface area contributed by atoms with Gasteiger partial charge >= 0.3 is 0 Å². The summed E-state index contributed by atoms with van der Waals surface area (Å²) >= 11 is 1.65. The van der Waals surface area contributed by atoms with Gasteiger partial charge in [-0.15, -0.1) is 0 Å². The first kappa shape index (κ1) is 15.2. The zero-order chi connectivity index (χ0) is 11.5. The molecule has 0 aliphatic heterocycles. The van der Waals surface area contributed by atoms with Crippen LogP contribution in [-0.2, 0) is 9.47 Å². The number of aliphatic hydroxyl groups is 2. The van der Waals surface area contributed by atoms with Crippen LogP contribution in [0.4, 0.5) is 0 Å². The molecule has 0 fully saturated rings. The third kappa shape index (κ3) is 10.5. The third-order valence-corrected chi connectivity index (χ3v) is 3.23. The molecule has 0 rings (SSSR count). The lowest BCUT2D eigenvalue weighted by molar-refractivity contribution is 0.0218. The second-order valence-electron chi connectivity index (χ2n) is 3.38. The van der Waals surface area contributed by atoms with Crippen LogP contribution in [0, 0.1) is 0 Å². The monoisotopic (exact) mass is 238 g/mol. The van der Waals surface area contributed by atoms with E-state index in [0.717, 1.165) is 6.42 Å². The van der Waals surface area contributed by atoms with Crippen molar-refractivity contribution in [1.82, 2.24) is 0 Å². The summed E-state index contributed by atoms with van der Waals surface area (Å²) in [5.74, 6) is 0.647. The Labute approximate surface area is 96.0 Å². The van der Waals surface area contributed by atoms with Gasteiger partial charge in [0.15, 0.2) is 0 Å². The van der Waals surface area contributed by atoms with Crippen LogP contribution in [0.1, 0.15) is 13.3 Å². The molecule has 0 aliphatic rings. The third-order valence-electron chi connectivity index (χ3n) is 1.85. The van der Waals surface area contributed by atoms with E-state index in [-0.39, 0.29) is 6.61 Å². The SMILES string of the molecule is COCCOCC(O)CSC(C)CCO. The van der Waals surface area contributed by atoms with Crippen LogP contribution in [0.25, 0.3) is 0 Å². The van der Waals surface area contributed by atoms with E-state index in [4.69, 9.17) is 14.6 Å².